The molecule has 0 aliphatic carbocycles. The molecule has 0 atom stereocenters. The number of rotatable bonds is 4. The number of nitrogens with zero attached hydrogens (tertiary/aromatic N) is 4. The molecule has 3 rings (SSSR count). The number of sulfone groups is 1. The normalized spacial score (nSPS) is 12.5. The van der Waals surface area contributed by atoms with E-state index in [9.17, 15) is 26.4 Å². The maximum atomic E-state index is 12.9. The van der Waals surface area contributed by atoms with Crippen molar-refractivity contribution < 1.29 is 26.4 Å². The zero-order chi connectivity index (χ0) is 20.0. The highest BCUT2D eigenvalue weighted by Crippen LogP contribution is 2.32. The summed E-state index contributed by atoms with van der Waals surface area (Å²) in [5.74, 6) is -0.217. The van der Waals surface area contributed by atoms with Gasteiger partial charge in [0.25, 0.3) is 0 Å². The summed E-state index contributed by atoms with van der Waals surface area (Å²) in [5, 5.41) is 0. The van der Waals surface area contributed by atoms with Gasteiger partial charge in [0.1, 0.15) is 11.2 Å². The molecule has 11 heteroatoms. The van der Waals surface area contributed by atoms with Gasteiger partial charge < -0.3 is 4.57 Å². The Morgan fingerprint density at radius 3 is 2.48 bits per heavy atom. The van der Waals surface area contributed by atoms with Gasteiger partial charge in [-0.05, 0) is 12.1 Å². The lowest BCUT2D eigenvalue weighted by Crippen LogP contribution is -2.09. The standard InChI is InChI=1S/C16H13F3N4O3S/c1-3-27(25,26)12-4-9(8-24)6-20-13(12)15-22-11-5-10(16(17,18)19)7-21-14(11)23(15)2/h4-8H,3H2,1-2H3. The van der Waals surface area contributed by atoms with E-state index >= 15 is 0 Å². The number of fused-ring (bicyclic) bond motifs is 1. The van der Waals surface area contributed by atoms with Crippen molar-refractivity contribution in [2.75, 3.05) is 5.75 Å². The summed E-state index contributed by atoms with van der Waals surface area (Å²) in [6.07, 6.45) is -2.28. The fraction of sp³-hybridized carbons (Fsp3) is 0.250. The van der Waals surface area contributed by atoms with E-state index in [0.717, 1.165) is 6.07 Å². The lowest BCUT2D eigenvalue weighted by atomic mass is 10.2. The van der Waals surface area contributed by atoms with Crippen molar-refractivity contribution in [2.24, 2.45) is 7.05 Å². The van der Waals surface area contributed by atoms with Gasteiger partial charge in [-0.15, -0.1) is 0 Å². The zero-order valence-corrected chi connectivity index (χ0v) is 15.0. The molecule has 7 nitrogen and oxygen atoms in total. The number of aryl methyl sites for hydroxylation is 1. The Morgan fingerprint density at radius 1 is 1.19 bits per heavy atom. The SMILES string of the molecule is CCS(=O)(=O)c1cc(C=O)cnc1-c1nc2cc(C(F)(F)F)cnc2n1C. The molecule has 0 aliphatic rings. The molecule has 3 aromatic heterocycles. The minimum Gasteiger partial charge on any atom is -0.310 e. The fourth-order valence-corrected chi connectivity index (χ4v) is 3.59. The van der Waals surface area contributed by atoms with Crippen LogP contribution in [0.4, 0.5) is 13.2 Å². The van der Waals surface area contributed by atoms with E-state index in [-0.39, 0.29) is 38.9 Å². The number of hydrogen-bond donors (Lipinski definition) is 0. The summed E-state index contributed by atoms with van der Waals surface area (Å²) in [4.78, 5) is 22.7. The molecule has 0 amide bonds. The molecule has 0 aromatic carbocycles. The van der Waals surface area contributed by atoms with E-state index in [4.69, 9.17) is 0 Å². The van der Waals surface area contributed by atoms with E-state index in [1.807, 2.05) is 0 Å². The highest BCUT2D eigenvalue weighted by Gasteiger charge is 2.32. The molecular weight excluding hydrogens is 385 g/mol. The van der Waals surface area contributed by atoms with Crippen LogP contribution < -0.4 is 0 Å². The van der Waals surface area contributed by atoms with Gasteiger partial charge >= 0.3 is 6.18 Å². The molecule has 0 saturated heterocycles. The first kappa shape index (κ1) is 19.0. The summed E-state index contributed by atoms with van der Waals surface area (Å²) >= 11 is 0. The number of aromatic nitrogens is 4. The first-order chi connectivity index (χ1) is 12.6. The lowest BCUT2D eigenvalue weighted by Gasteiger charge is -2.09. The molecule has 3 heterocycles. The van der Waals surface area contributed by atoms with E-state index in [2.05, 4.69) is 15.0 Å². The maximum Gasteiger partial charge on any atom is 0.417 e. The molecule has 0 N–H and O–H groups in total. The summed E-state index contributed by atoms with van der Waals surface area (Å²) in [6, 6.07) is 2.00. The highest BCUT2D eigenvalue weighted by molar-refractivity contribution is 7.91. The monoisotopic (exact) mass is 398 g/mol. The largest absolute Gasteiger partial charge is 0.417 e. The van der Waals surface area contributed by atoms with Crippen LogP contribution in [0.2, 0.25) is 0 Å². The number of alkyl halides is 3. The van der Waals surface area contributed by atoms with Gasteiger partial charge in [0, 0.05) is 25.0 Å². The molecule has 27 heavy (non-hydrogen) atoms. The maximum absolute atomic E-state index is 12.9. The van der Waals surface area contributed by atoms with E-state index < -0.39 is 21.6 Å². The van der Waals surface area contributed by atoms with Gasteiger partial charge in [-0.1, -0.05) is 6.92 Å². The first-order valence-corrected chi connectivity index (χ1v) is 9.31. The topological polar surface area (TPSA) is 94.8 Å². The van der Waals surface area contributed by atoms with Gasteiger partial charge in [0.05, 0.1) is 16.2 Å². The smallest absolute Gasteiger partial charge is 0.310 e. The molecule has 0 unspecified atom stereocenters. The Morgan fingerprint density at radius 2 is 1.89 bits per heavy atom. The van der Waals surface area contributed by atoms with Crippen molar-refractivity contribution in [3.63, 3.8) is 0 Å². The third-order valence-electron chi connectivity index (χ3n) is 3.97. The van der Waals surface area contributed by atoms with Gasteiger partial charge in [0.15, 0.2) is 27.6 Å². The second-order valence-corrected chi connectivity index (χ2v) is 7.94. The Bertz CT molecular complexity index is 1150. The van der Waals surface area contributed by atoms with Crippen molar-refractivity contribution in [3.8, 4) is 11.5 Å². The first-order valence-electron chi connectivity index (χ1n) is 7.66. The molecule has 3 aromatic rings. The van der Waals surface area contributed by atoms with Crippen molar-refractivity contribution >= 4 is 27.3 Å². The highest BCUT2D eigenvalue weighted by atomic mass is 32.2. The van der Waals surface area contributed by atoms with Crippen LogP contribution in [0.25, 0.3) is 22.7 Å². The van der Waals surface area contributed by atoms with Crippen LogP contribution in [0.3, 0.4) is 0 Å². The van der Waals surface area contributed by atoms with Crippen LogP contribution in [0.1, 0.15) is 22.8 Å². The van der Waals surface area contributed by atoms with Crippen LogP contribution in [0.15, 0.2) is 29.4 Å². The van der Waals surface area contributed by atoms with Gasteiger partial charge in [-0.2, -0.15) is 13.2 Å². The Hall–Kier alpha value is -2.82. The zero-order valence-electron chi connectivity index (χ0n) is 14.1. The van der Waals surface area contributed by atoms with Crippen LogP contribution in [-0.4, -0.2) is 40.0 Å². The molecule has 0 aliphatic heterocycles. The third-order valence-corrected chi connectivity index (χ3v) is 5.71. The Kier molecular flexibility index (Phi) is 4.50. The number of carbonyl (C=O) groups is 1. The average Bonchev–Trinajstić information content (AvgIpc) is 2.96. The number of halogens is 3. The fourth-order valence-electron chi connectivity index (χ4n) is 2.53. The quantitative estimate of drug-likeness (QED) is 0.627. The van der Waals surface area contributed by atoms with Crippen LogP contribution in [0.5, 0.6) is 0 Å². The third kappa shape index (κ3) is 3.29. The summed E-state index contributed by atoms with van der Waals surface area (Å²) in [6.45, 7) is 1.43. The molecule has 0 saturated carbocycles. The minimum atomic E-state index is -4.58. The van der Waals surface area contributed by atoms with Crippen LogP contribution in [-0.2, 0) is 23.1 Å². The van der Waals surface area contributed by atoms with Gasteiger partial charge in [-0.25, -0.2) is 18.4 Å². The molecule has 0 spiro atoms. The van der Waals surface area contributed by atoms with Crippen molar-refractivity contribution in [1.29, 1.82) is 0 Å². The van der Waals surface area contributed by atoms with E-state index in [1.165, 1.54) is 30.8 Å². The lowest BCUT2D eigenvalue weighted by molar-refractivity contribution is -0.137. The van der Waals surface area contributed by atoms with Gasteiger partial charge in [-0.3, -0.25) is 9.78 Å². The average molecular weight is 398 g/mol. The molecule has 0 fully saturated rings. The number of imidazole rings is 1. The molecule has 142 valence electrons. The second-order valence-electron chi connectivity index (χ2n) is 5.70. The second kappa shape index (κ2) is 6.41. The number of aldehydes is 1. The Balaban J connectivity index is 2.30. The van der Waals surface area contributed by atoms with Crippen LogP contribution in [0, 0.1) is 0 Å². The summed E-state index contributed by atoms with van der Waals surface area (Å²) in [5.41, 5.74) is -0.883. The summed E-state index contributed by atoms with van der Waals surface area (Å²) in [7, 11) is -2.28. The van der Waals surface area contributed by atoms with Crippen LogP contribution >= 0.6 is 0 Å². The Labute approximate surface area is 151 Å². The van der Waals surface area contributed by atoms with Crippen molar-refractivity contribution in [3.05, 3.63) is 35.7 Å². The predicted molar refractivity (Wildman–Crippen MR) is 89.9 cm³/mol. The van der Waals surface area contributed by atoms with Crippen molar-refractivity contribution in [2.45, 2.75) is 18.0 Å². The molecule has 0 bridgehead atoms. The minimum absolute atomic E-state index is 0.0290. The van der Waals surface area contributed by atoms with Crippen molar-refractivity contribution in [1.82, 2.24) is 19.5 Å². The summed E-state index contributed by atoms with van der Waals surface area (Å²) < 4.78 is 64.9. The molecular formula is C16H13F3N4O3S. The molecule has 0 radical (unpaired) electrons. The van der Waals surface area contributed by atoms with Gasteiger partial charge in [0.2, 0.25) is 0 Å². The number of carbonyl (C=O) groups excluding carboxylic acids is 1. The van der Waals surface area contributed by atoms with E-state index in [1.54, 1.807) is 0 Å². The number of pyridine rings is 2. The number of hydrogen-bond acceptors (Lipinski definition) is 6. The predicted octanol–water partition coefficient (Wildman–Crippen LogP) is 2.66. The van der Waals surface area contributed by atoms with E-state index in [0.29, 0.717) is 12.5 Å².